The van der Waals surface area contributed by atoms with E-state index >= 15 is 0 Å². The predicted molar refractivity (Wildman–Crippen MR) is 95.6 cm³/mol. The van der Waals surface area contributed by atoms with Gasteiger partial charge in [0, 0.05) is 15.3 Å². The highest BCUT2D eigenvalue weighted by atomic mass is 127. The number of pyridine rings is 1. The van der Waals surface area contributed by atoms with Crippen LogP contribution in [0.1, 0.15) is 5.89 Å². The van der Waals surface area contributed by atoms with Gasteiger partial charge in [-0.15, -0.1) is 0 Å². The molecular weight excluding hydrogens is 442 g/mol. The predicted octanol–water partition coefficient (Wildman–Crippen LogP) is 3.33. The molecule has 1 N–H and O–H groups in total. The Labute approximate surface area is 155 Å². The van der Waals surface area contributed by atoms with Crippen LogP contribution in [0.25, 0.3) is 11.4 Å². The van der Waals surface area contributed by atoms with Crippen molar-refractivity contribution in [1.82, 2.24) is 15.1 Å². The fraction of sp³-hybridized carbons (Fsp3) is 0.125. The fourth-order valence-corrected chi connectivity index (χ4v) is 2.51. The summed E-state index contributed by atoms with van der Waals surface area (Å²) >= 11 is 2.03. The Morgan fingerprint density at radius 1 is 1.36 bits per heavy atom. The second kappa shape index (κ2) is 7.55. The number of hydrogen-bond acceptors (Lipinski definition) is 7. The summed E-state index contributed by atoms with van der Waals surface area (Å²) in [7, 11) is 1.28. The molecule has 25 heavy (non-hydrogen) atoms. The van der Waals surface area contributed by atoms with Gasteiger partial charge in [0.15, 0.2) is 0 Å². The number of ether oxygens (including phenoxy) is 1. The molecule has 0 aliphatic heterocycles. The molecule has 0 saturated carbocycles. The number of halogens is 2. The van der Waals surface area contributed by atoms with Crippen molar-refractivity contribution in [3.8, 4) is 11.4 Å². The molecule has 0 spiro atoms. The average molecular weight is 454 g/mol. The van der Waals surface area contributed by atoms with E-state index in [2.05, 4.69) is 25.2 Å². The number of aromatic nitrogens is 3. The van der Waals surface area contributed by atoms with Crippen molar-refractivity contribution >= 4 is 39.9 Å². The van der Waals surface area contributed by atoms with Crippen molar-refractivity contribution in [3.63, 3.8) is 0 Å². The number of methoxy groups -OCH3 is 1. The van der Waals surface area contributed by atoms with Crippen molar-refractivity contribution in [2.75, 3.05) is 12.4 Å². The third kappa shape index (κ3) is 4.10. The van der Waals surface area contributed by atoms with Gasteiger partial charge in [0.2, 0.25) is 11.7 Å². The van der Waals surface area contributed by atoms with Crippen molar-refractivity contribution in [3.05, 3.63) is 51.9 Å². The van der Waals surface area contributed by atoms with Gasteiger partial charge in [-0.2, -0.15) is 4.98 Å². The van der Waals surface area contributed by atoms with Crippen LogP contribution >= 0.6 is 22.6 Å². The van der Waals surface area contributed by atoms with Gasteiger partial charge in [-0.1, -0.05) is 5.16 Å². The third-order valence-electron chi connectivity index (χ3n) is 3.25. The van der Waals surface area contributed by atoms with Gasteiger partial charge < -0.3 is 14.6 Å². The largest absolute Gasteiger partial charge is 0.469 e. The smallest absolute Gasteiger partial charge is 0.315 e. The van der Waals surface area contributed by atoms with Gasteiger partial charge in [0.25, 0.3) is 0 Å². The summed E-state index contributed by atoms with van der Waals surface area (Å²) < 4.78 is 24.5. The average Bonchev–Trinajstić information content (AvgIpc) is 3.06. The second-order valence-corrected chi connectivity index (χ2v) is 6.18. The van der Waals surface area contributed by atoms with E-state index in [1.54, 1.807) is 24.4 Å². The minimum absolute atomic E-state index is 0.122. The van der Waals surface area contributed by atoms with Crippen molar-refractivity contribution < 1.29 is 18.4 Å². The highest BCUT2D eigenvalue weighted by Gasteiger charge is 2.16. The first-order chi connectivity index (χ1) is 12.1. The lowest BCUT2D eigenvalue weighted by atomic mass is 10.2. The van der Waals surface area contributed by atoms with E-state index < -0.39 is 5.97 Å². The van der Waals surface area contributed by atoms with Gasteiger partial charge in [0.05, 0.1) is 24.7 Å². The Bertz CT molecular complexity index is 916. The quantitative estimate of drug-likeness (QED) is 0.467. The van der Waals surface area contributed by atoms with Crippen molar-refractivity contribution in [2.45, 2.75) is 6.42 Å². The molecule has 0 bridgehead atoms. The standard InChI is InChI=1S/C16H12FIN4O3/c1-24-15(23)7-14-21-16(22-25-14)10-4-5-19-8-13(10)20-12-3-2-9(18)6-11(12)17/h2-6,8,20H,7H2,1H3. The molecule has 3 aromatic rings. The van der Waals surface area contributed by atoms with Crippen LogP contribution in [0.4, 0.5) is 15.8 Å². The number of carbonyl (C=O) groups is 1. The zero-order chi connectivity index (χ0) is 17.8. The van der Waals surface area contributed by atoms with E-state index in [0.717, 1.165) is 3.57 Å². The Morgan fingerprint density at radius 3 is 2.96 bits per heavy atom. The number of hydrogen-bond donors (Lipinski definition) is 1. The number of carbonyl (C=O) groups excluding carboxylic acids is 1. The number of nitrogens with zero attached hydrogens (tertiary/aromatic N) is 3. The molecule has 0 aliphatic carbocycles. The fourth-order valence-electron chi connectivity index (χ4n) is 2.06. The first kappa shape index (κ1) is 17.3. The SMILES string of the molecule is COC(=O)Cc1nc(-c2ccncc2Nc2ccc(I)cc2F)no1. The summed E-state index contributed by atoms with van der Waals surface area (Å²) in [5.41, 5.74) is 1.37. The summed E-state index contributed by atoms with van der Waals surface area (Å²) in [4.78, 5) is 19.5. The zero-order valence-corrected chi connectivity index (χ0v) is 15.2. The number of esters is 1. The highest BCUT2D eigenvalue weighted by molar-refractivity contribution is 14.1. The van der Waals surface area contributed by atoms with E-state index in [1.807, 2.05) is 22.6 Å². The van der Waals surface area contributed by atoms with E-state index in [9.17, 15) is 9.18 Å². The highest BCUT2D eigenvalue weighted by Crippen LogP contribution is 2.29. The summed E-state index contributed by atoms with van der Waals surface area (Å²) in [5, 5.41) is 6.83. The summed E-state index contributed by atoms with van der Waals surface area (Å²) in [5.74, 6) is -0.481. The maximum Gasteiger partial charge on any atom is 0.315 e. The normalized spacial score (nSPS) is 10.5. The van der Waals surface area contributed by atoms with Gasteiger partial charge >= 0.3 is 5.97 Å². The molecule has 7 nitrogen and oxygen atoms in total. The lowest BCUT2D eigenvalue weighted by Gasteiger charge is -2.10. The molecule has 0 fully saturated rings. The van der Waals surface area contributed by atoms with Gasteiger partial charge in [0.1, 0.15) is 12.2 Å². The molecule has 2 heterocycles. The zero-order valence-electron chi connectivity index (χ0n) is 13.0. The van der Waals surface area contributed by atoms with E-state index in [1.165, 1.54) is 19.4 Å². The van der Waals surface area contributed by atoms with E-state index in [0.29, 0.717) is 16.9 Å². The molecule has 0 amide bonds. The van der Waals surface area contributed by atoms with Crippen LogP contribution in [0.3, 0.4) is 0 Å². The second-order valence-electron chi connectivity index (χ2n) is 4.94. The third-order valence-corrected chi connectivity index (χ3v) is 3.92. The summed E-state index contributed by atoms with van der Waals surface area (Å²) in [6.45, 7) is 0. The van der Waals surface area contributed by atoms with Gasteiger partial charge in [-0.3, -0.25) is 9.78 Å². The number of benzene rings is 1. The Kier molecular flexibility index (Phi) is 5.22. The van der Waals surface area contributed by atoms with Crippen LogP contribution in [-0.4, -0.2) is 28.2 Å². The van der Waals surface area contributed by atoms with Gasteiger partial charge in [-0.25, -0.2) is 4.39 Å². The molecule has 0 saturated heterocycles. The maximum atomic E-state index is 14.1. The van der Waals surface area contributed by atoms with E-state index in [4.69, 9.17) is 4.52 Å². The molecule has 128 valence electrons. The Hall–Kier alpha value is -2.56. The molecule has 2 aromatic heterocycles. The van der Waals surface area contributed by atoms with Crippen LogP contribution in [0.5, 0.6) is 0 Å². The molecule has 1 aromatic carbocycles. The molecule has 0 aliphatic rings. The molecule has 0 atom stereocenters. The lowest BCUT2D eigenvalue weighted by molar-refractivity contribution is -0.140. The van der Waals surface area contributed by atoms with Gasteiger partial charge in [-0.05, 0) is 46.9 Å². The van der Waals surface area contributed by atoms with Crippen LogP contribution in [0.2, 0.25) is 0 Å². The monoisotopic (exact) mass is 454 g/mol. The number of anilines is 2. The Balaban J connectivity index is 1.90. The van der Waals surface area contributed by atoms with Crippen LogP contribution in [0.15, 0.2) is 41.2 Å². The topological polar surface area (TPSA) is 90.1 Å². The first-order valence-electron chi connectivity index (χ1n) is 7.12. The summed E-state index contributed by atoms with van der Waals surface area (Å²) in [6.07, 6.45) is 2.97. The first-order valence-corrected chi connectivity index (χ1v) is 8.20. The van der Waals surface area contributed by atoms with Crippen LogP contribution < -0.4 is 5.32 Å². The Morgan fingerprint density at radius 2 is 2.20 bits per heavy atom. The van der Waals surface area contributed by atoms with Crippen molar-refractivity contribution in [1.29, 1.82) is 0 Å². The minimum Gasteiger partial charge on any atom is -0.469 e. The molecular formula is C16H12FIN4O3. The van der Waals surface area contributed by atoms with Crippen molar-refractivity contribution in [2.24, 2.45) is 0 Å². The maximum absolute atomic E-state index is 14.1. The summed E-state index contributed by atoms with van der Waals surface area (Å²) in [6, 6.07) is 6.50. The minimum atomic E-state index is -0.482. The molecule has 0 radical (unpaired) electrons. The van der Waals surface area contributed by atoms with Crippen LogP contribution in [-0.2, 0) is 16.0 Å². The number of rotatable bonds is 5. The molecule has 0 unspecified atom stereocenters. The number of nitrogens with one attached hydrogen (secondary N) is 1. The lowest BCUT2D eigenvalue weighted by Crippen LogP contribution is -2.04. The molecule has 3 rings (SSSR count). The van der Waals surface area contributed by atoms with Crippen LogP contribution in [0, 0.1) is 9.39 Å². The van der Waals surface area contributed by atoms with E-state index in [-0.39, 0.29) is 24.0 Å². The molecule has 9 heteroatoms.